The van der Waals surface area contributed by atoms with Gasteiger partial charge in [0.15, 0.2) is 0 Å². The number of ether oxygens (including phenoxy) is 1. The lowest BCUT2D eigenvalue weighted by Gasteiger charge is -2.12. The first-order valence-electron chi connectivity index (χ1n) is 7.30. The molecule has 120 valence electrons. The molecule has 0 amide bonds. The van der Waals surface area contributed by atoms with Crippen molar-refractivity contribution >= 4 is 23.7 Å². The maximum Gasteiger partial charge on any atom is 0.140 e. The van der Waals surface area contributed by atoms with E-state index in [-0.39, 0.29) is 12.4 Å². The normalized spacial score (nSPS) is 21.5. The summed E-state index contributed by atoms with van der Waals surface area (Å²) in [5.41, 5.74) is 7.18. The van der Waals surface area contributed by atoms with Gasteiger partial charge >= 0.3 is 0 Å². The van der Waals surface area contributed by atoms with Crippen LogP contribution in [0.5, 0.6) is 5.75 Å². The van der Waals surface area contributed by atoms with E-state index in [1.165, 1.54) is 0 Å². The highest BCUT2D eigenvalue weighted by atomic mass is 35.5. The maximum atomic E-state index is 6.06. The second-order valence-corrected chi connectivity index (χ2v) is 6.61. The number of nitrogens with zero attached hydrogens (tertiary/aromatic N) is 2. The van der Waals surface area contributed by atoms with Crippen molar-refractivity contribution in [1.82, 2.24) is 9.88 Å². The number of aromatic nitrogens is 1. The third-order valence-corrected chi connectivity index (χ3v) is 4.71. The molecule has 1 aromatic carbocycles. The van der Waals surface area contributed by atoms with E-state index in [1.54, 1.807) is 11.3 Å². The molecular formula is C16H22ClN3OS. The fourth-order valence-corrected chi connectivity index (χ4v) is 3.30. The Kier molecular flexibility index (Phi) is 6.20. The van der Waals surface area contributed by atoms with Gasteiger partial charge in [-0.05, 0) is 18.1 Å². The molecule has 2 unspecified atom stereocenters. The number of para-hydroxylation sites is 1. The minimum absolute atomic E-state index is 0. The van der Waals surface area contributed by atoms with Gasteiger partial charge in [-0.15, -0.1) is 23.7 Å². The Labute approximate surface area is 141 Å². The van der Waals surface area contributed by atoms with Crippen molar-refractivity contribution in [1.29, 1.82) is 0 Å². The summed E-state index contributed by atoms with van der Waals surface area (Å²) in [7, 11) is 0. The third kappa shape index (κ3) is 4.43. The molecule has 1 aromatic heterocycles. The van der Waals surface area contributed by atoms with Gasteiger partial charge in [-0.2, -0.15) is 0 Å². The largest absolute Gasteiger partial charge is 0.486 e. The number of rotatable bonds is 5. The molecular weight excluding hydrogens is 318 g/mol. The lowest BCUT2D eigenvalue weighted by molar-refractivity contribution is 0.301. The van der Waals surface area contributed by atoms with Gasteiger partial charge in [-0.25, -0.2) is 4.98 Å². The number of nitrogens with two attached hydrogens (primary N) is 1. The first-order chi connectivity index (χ1) is 10.2. The van der Waals surface area contributed by atoms with Crippen LogP contribution in [0.25, 0.3) is 0 Å². The fourth-order valence-electron chi connectivity index (χ4n) is 2.60. The molecule has 2 heterocycles. The van der Waals surface area contributed by atoms with Gasteiger partial charge in [0.1, 0.15) is 17.4 Å². The Morgan fingerprint density at radius 1 is 1.32 bits per heavy atom. The van der Waals surface area contributed by atoms with Crippen molar-refractivity contribution in [2.24, 2.45) is 11.7 Å². The monoisotopic (exact) mass is 339 g/mol. The minimum atomic E-state index is 0. The predicted octanol–water partition coefficient (Wildman–Crippen LogP) is 2.92. The standard InChI is InChI=1S/C16H21N3OS.ClH/c1-12-7-19(9-15(12)17)8-13-11-21-16(18-13)10-20-14-5-3-2-4-6-14;/h2-6,11-12,15H,7-10,17H2,1H3;1H. The summed E-state index contributed by atoms with van der Waals surface area (Å²) in [6, 6.07) is 10.1. The van der Waals surface area contributed by atoms with E-state index >= 15 is 0 Å². The fraction of sp³-hybridized carbons (Fsp3) is 0.438. The average Bonchev–Trinajstić information content (AvgIpc) is 3.05. The zero-order valence-corrected chi connectivity index (χ0v) is 14.3. The Hall–Kier alpha value is -1.14. The lowest BCUT2D eigenvalue weighted by atomic mass is 10.1. The predicted molar refractivity (Wildman–Crippen MR) is 92.6 cm³/mol. The molecule has 2 aromatic rings. The van der Waals surface area contributed by atoms with Gasteiger partial charge < -0.3 is 10.5 Å². The van der Waals surface area contributed by atoms with E-state index < -0.39 is 0 Å². The van der Waals surface area contributed by atoms with Gasteiger partial charge in [-0.1, -0.05) is 25.1 Å². The molecule has 3 rings (SSSR count). The molecule has 2 atom stereocenters. The molecule has 4 nitrogen and oxygen atoms in total. The van der Waals surface area contributed by atoms with E-state index in [1.807, 2.05) is 30.3 Å². The summed E-state index contributed by atoms with van der Waals surface area (Å²) in [5, 5.41) is 3.14. The number of thiazole rings is 1. The Morgan fingerprint density at radius 3 is 2.77 bits per heavy atom. The van der Waals surface area contributed by atoms with Crippen molar-refractivity contribution in [3.8, 4) is 5.75 Å². The van der Waals surface area contributed by atoms with Crippen LogP contribution < -0.4 is 10.5 Å². The third-order valence-electron chi connectivity index (χ3n) is 3.84. The van der Waals surface area contributed by atoms with Crippen LogP contribution in [-0.2, 0) is 13.2 Å². The molecule has 6 heteroatoms. The van der Waals surface area contributed by atoms with Crippen molar-refractivity contribution in [2.45, 2.75) is 26.1 Å². The van der Waals surface area contributed by atoms with E-state index in [4.69, 9.17) is 10.5 Å². The molecule has 2 N–H and O–H groups in total. The van der Waals surface area contributed by atoms with Crippen molar-refractivity contribution in [2.75, 3.05) is 13.1 Å². The number of benzene rings is 1. The first kappa shape index (κ1) is 17.2. The molecule has 0 spiro atoms. The Bertz CT molecular complexity index is 568. The van der Waals surface area contributed by atoms with Gasteiger partial charge in [-0.3, -0.25) is 4.90 Å². The van der Waals surface area contributed by atoms with Gasteiger partial charge in [0.25, 0.3) is 0 Å². The molecule has 0 radical (unpaired) electrons. The second-order valence-electron chi connectivity index (χ2n) is 5.67. The lowest BCUT2D eigenvalue weighted by Crippen LogP contribution is -2.28. The molecule has 0 aliphatic carbocycles. The molecule has 0 saturated carbocycles. The van der Waals surface area contributed by atoms with E-state index in [0.29, 0.717) is 18.6 Å². The number of likely N-dealkylation sites (tertiary alicyclic amines) is 1. The summed E-state index contributed by atoms with van der Waals surface area (Å²) in [4.78, 5) is 7.03. The van der Waals surface area contributed by atoms with E-state index in [9.17, 15) is 0 Å². The zero-order chi connectivity index (χ0) is 14.7. The van der Waals surface area contributed by atoms with Crippen molar-refractivity contribution in [3.63, 3.8) is 0 Å². The van der Waals surface area contributed by atoms with Crippen LogP contribution in [-0.4, -0.2) is 29.0 Å². The van der Waals surface area contributed by atoms with Crippen molar-refractivity contribution < 1.29 is 4.74 Å². The van der Waals surface area contributed by atoms with Crippen LogP contribution >= 0.6 is 23.7 Å². The highest BCUT2D eigenvalue weighted by Gasteiger charge is 2.26. The highest BCUT2D eigenvalue weighted by molar-refractivity contribution is 7.09. The van der Waals surface area contributed by atoms with Crippen LogP contribution in [0.3, 0.4) is 0 Å². The van der Waals surface area contributed by atoms with Crippen LogP contribution in [0, 0.1) is 5.92 Å². The molecule has 1 aliphatic rings. The summed E-state index contributed by atoms with van der Waals surface area (Å²) < 4.78 is 5.72. The molecule has 22 heavy (non-hydrogen) atoms. The van der Waals surface area contributed by atoms with E-state index in [2.05, 4.69) is 22.2 Å². The van der Waals surface area contributed by atoms with Crippen LogP contribution in [0.4, 0.5) is 0 Å². The molecule has 1 aliphatic heterocycles. The van der Waals surface area contributed by atoms with Gasteiger partial charge in [0.05, 0.1) is 5.69 Å². The molecule has 1 fully saturated rings. The topological polar surface area (TPSA) is 51.4 Å². The van der Waals surface area contributed by atoms with E-state index in [0.717, 1.165) is 36.1 Å². The first-order valence-corrected chi connectivity index (χ1v) is 8.18. The second kappa shape index (κ2) is 7.92. The quantitative estimate of drug-likeness (QED) is 0.910. The Balaban J connectivity index is 0.00000176. The summed E-state index contributed by atoms with van der Waals surface area (Å²) in [6.45, 7) is 5.67. The van der Waals surface area contributed by atoms with Crippen LogP contribution in [0.15, 0.2) is 35.7 Å². The van der Waals surface area contributed by atoms with Crippen molar-refractivity contribution in [3.05, 3.63) is 46.4 Å². The summed E-state index contributed by atoms with van der Waals surface area (Å²) >= 11 is 1.66. The summed E-state index contributed by atoms with van der Waals surface area (Å²) in [6.07, 6.45) is 0. The number of hydrogen-bond donors (Lipinski definition) is 1. The highest BCUT2D eigenvalue weighted by Crippen LogP contribution is 2.19. The number of halogens is 1. The van der Waals surface area contributed by atoms with Crippen LogP contribution in [0.2, 0.25) is 0 Å². The van der Waals surface area contributed by atoms with Crippen LogP contribution in [0.1, 0.15) is 17.6 Å². The number of hydrogen-bond acceptors (Lipinski definition) is 5. The summed E-state index contributed by atoms with van der Waals surface area (Å²) in [5.74, 6) is 1.46. The van der Waals surface area contributed by atoms with Gasteiger partial charge in [0, 0.05) is 31.1 Å². The minimum Gasteiger partial charge on any atom is -0.486 e. The molecule has 0 bridgehead atoms. The maximum absolute atomic E-state index is 6.06. The smallest absolute Gasteiger partial charge is 0.140 e. The zero-order valence-electron chi connectivity index (χ0n) is 12.6. The SMILES string of the molecule is CC1CN(Cc2csc(COc3ccccc3)n2)CC1N.Cl. The average molecular weight is 340 g/mol. The van der Waals surface area contributed by atoms with Gasteiger partial charge in [0.2, 0.25) is 0 Å². The molecule has 1 saturated heterocycles. The Morgan fingerprint density at radius 2 is 2.09 bits per heavy atom.